The Bertz CT molecular complexity index is 817. The lowest BCUT2D eigenvalue weighted by molar-refractivity contribution is -0.133. The lowest BCUT2D eigenvalue weighted by atomic mass is 9.86. The number of hydrogen-bond donors (Lipinski definition) is 1. The fourth-order valence-corrected chi connectivity index (χ4v) is 6.36. The number of nitrogens with two attached hydrogens (primary N) is 1. The molecule has 2 fully saturated rings. The summed E-state index contributed by atoms with van der Waals surface area (Å²) < 4.78 is 0. The maximum absolute atomic E-state index is 12.8. The number of carbonyl (C=O) groups excluding carboxylic acids is 1. The Kier molecular flexibility index (Phi) is 3.30. The van der Waals surface area contributed by atoms with Crippen LogP contribution in [0.15, 0.2) is 6.33 Å². The molecule has 2 aliphatic carbocycles. The zero-order chi connectivity index (χ0) is 16.3. The molecule has 3 atom stereocenters. The van der Waals surface area contributed by atoms with Gasteiger partial charge in [0.1, 0.15) is 17.0 Å². The van der Waals surface area contributed by atoms with E-state index in [-0.39, 0.29) is 0 Å². The van der Waals surface area contributed by atoms with Crippen molar-refractivity contribution < 1.29 is 4.79 Å². The third-order valence-corrected chi connectivity index (χ3v) is 7.47. The van der Waals surface area contributed by atoms with Crippen LogP contribution in [0.25, 0.3) is 10.2 Å². The number of rotatable bonds is 2. The molecule has 1 amide bonds. The highest BCUT2D eigenvalue weighted by Crippen LogP contribution is 2.49. The van der Waals surface area contributed by atoms with Gasteiger partial charge < -0.3 is 10.6 Å². The van der Waals surface area contributed by atoms with Crippen LogP contribution < -0.4 is 5.73 Å². The quantitative estimate of drug-likeness (QED) is 0.911. The number of thiophene rings is 1. The van der Waals surface area contributed by atoms with E-state index in [0.29, 0.717) is 17.6 Å². The largest absolute Gasteiger partial charge is 0.383 e. The number of carbonyl (C=O) groups is 1. The highest BCUT2D eigenvalue weighted by Gasteiger charge is 2.41. The molecular weight excluding hydrogens is 320 g/mol. The molecule has 2 bridgehead atoms. The van der Waals surface area contributed by atoms with Crippen LogP contribution in [0, 0.1) is 17.8 Å². The molecule has 2 aromatic rings. The van der Waals surface area contributed by atoms with Gasteiger partial charge >= 0.3 is 0 Å². The van der Waals surface area contributed by atoms with Gasteiger partial charge in [-0.25, -0.2) is 9.97 Å². The van der Waals surface area contributed by atoms with Crippen LogP contribution in [-0.4, -0.2) is 27.3 Å². The summed E-state index contributed by atoms with van der Waals surface area (Å²) >= 11 is 1.66. The maximum atomic E-state index is 12.8. The molecule has 126 valence electrons. The Morgan fingerprint density at radius 1 is 1.33 bits per heavy atom. The molecule has 0 aromatic carbocycles. The molecule has 0 unspecified atom stereocenters. The second kappa shape index (κ2) is 5.41. The zero-order valence-electron chi connectivity index (χ0n) is 13.7. The van der Waals surface area contributed by atoms with Crippen LogP contribution in [-0.2, 0) is 17.8 Å². The third-order valence-electron chi connectivity index (χ3n) is 6.34. The van der Waals surface area contributed by atoms with Gasteiger partial charge in [0.25, 0.3) is 0 Å². The molecule has 2 aromatic heterocycles. The van der Waals surface area contributed by atoms with Crippen molar-refractivity contribution in [3.05, 3.63) is 16.8 Å². The minimum absolute atomic E-state index is 0.342. The Morgan fingerprint density at radius 3 is 3.04 bits per heavy atom. The number of hydrogen-bond acceptors (Lipinski definition) is 5. The van der Waals surface area contributed by atoms with Crippen molar-refractivity contribution in [2.75, 3.05) is 12.3 Å². The monoisotopic (exact) mass is 342 g/mol. The Hall–Kier alpha value is -1.69. The lowest BCUT2D eigenvalue weighted by Gasteiger charge is -2.29. The van der Waals surface area contributed by atoms with Crippen LogP contribution in [0.5, 0.6) is 0 Å². The topological polar surface area (TPSA) is 72.1 Å². The van der Waals surface area contributed by atoms with Gasteiger partial charge in [-0.1, -0.05) is 6.42 Å². The summed E-state index contributed by atoms with van der Waals surface area (Å²) in [5, 5.41) is 1.01. The first-order valence-corrected chi connectivity index (χ1v) is 9.79. The molecule has 0 radical (unpaired) electrons. The summed E-state index contributed by atoms with van der Waals surface area (Å²) in [6.07, 6.45) is 8.55. The van der Waals surface area contributed by atoms with E-state index in [4.69, 9.17) is 5.73 Å². The second-order valence-electron chi connectivity index (χ2n) is 7.65. The van der Waals surface area contributed by atoms with E-state index in [1.165, 1.54) is 42.5 Å². The number of nitrogen functional groups attached to an aromatic ring is 1. The number of anilines is 1. The predicted octanol–water partition coefficient (Wildman–Crippen LogP) is 2.98. The summed E-state index contributed by atoms with van der Waals surface area (Å²) in [5.41, 5.74) is 7.30. The van der Waals surface area contributed by atoms with Crippen molar-refractivity contribution in [2.45, 2.75) is 45.1 Å². The normalized spacial score (nSPS) is 28.5. The Morgan fingerprint density at radius 2 is 2.25 bits per heavy atom. The summed E-state index contributed by atoms with van der Waals surface area (Å²) in [4.78, 5) is 25.5. The number of fused-ring (bicyclic) bond motifs is 5. The van der Waals surface area contributed by atoms with E-state index in [2.05, 4.69) is 9.97 Å². The fraction of sp³-hybridized carbons (Fsp3) is 0.611. The Balaban J connectivity index is 1.34. The van der Waals surface area contributed by atoms with Crippen molar-refractivity contribution in [1.29, 1.82) is 0 Å². The number of amides is 1. The highest BCUT2D eigenvalue weighted by molar-refractivity contribution is 7.19. The number of aromatic nitrogens is 2. The van der Waals surface area contributed by atoms with E-state index in [1.807, 2.05) is 4.90 Å². The molecule has 1 aliphatic heterocycles. The smallest absolute Gasteiger partial charge is 0.223 e. The van der Waals surface area contributed by atoms with E-state index in [9.17, 15) is 4.79 Å². The molecule has 24 heavy (non-hydrogen) atoms. The molecule has 5 nitrogen and oxygen atoms in total. The molecule has 2 saturated carbocycles. The predicted molar refractivity (Wildman–Crippen MR) is 94.5 cm³/mol. The molecule has 2 N–H and O–H groups in total. The second-order valence-corrected chi connectivity index (χ2v) is 8.73. The first kappa shape index (κ1) is 14.6. The van der Waals surface area contributed by atoms with Gasteiger partial charge in [0, 0.05) is 17.8 Å². The van der Waals surface area contributed by atoms with Crippen molar-refractivity contribution in [1.82, 2.24) is 14.9 Å². The number of nitrogens with zero attached hydrogens (tertiary/aromatic N) is 3. The van der Waals surface area contributed by atoms with E-state index in [0.717, 1.165) is 48.0 Å². The van der Waals surface area contributed by atoms with Crippen LogP contribution in [0.1, 0.15) is 42.5 Å². The standard InChI is InChI=1S/C18H22N4OS/c19-17-16-13-3-4-22(8-14(13)24-18(16)21-9-20-17)15(23)7-12-6-10-1-2-11(12)5-10/h9-12H,1-8H2,(H2,19,20,21)/t10-,11-,12+/m0/s1. The summed E-state index contributed by atoms with van der Waals surface area (Å²) in [5.74, 6) is 3.28. The first-order valence-electron chi connectivity index (χ1n) is 8.97. The van der Waals surface area contributed by atoms with Gasteiger partial charge in [0.05, 0.1) is 11.9 Å². The van der Waals surface area contributed by atoms with Gasteiger partial charge in [-0.2, -0.15) is 0 Å². The Labute approximate surface area is 145 Å². The van der Waals surface area contributed by atoms with Crippen LogP contribution >= 0.6 is 11.3 Å². The van der Waals surface area contributed by atoms with Crippen molar-refractivity contribution >= 4 is 33.3 Å². The van der Waals surface area contributed by atoms with Gasteiger partial charge in [-0.15, -0.1) is 11.3 Å². The van der Waals surface area contributed by atoms with Gasteiger partial charge in [0.15, 0.2) is 0 Å². The minimum atomic E-state index is 0.342. The third kappa shape index (κ3) is 2.23. The molecule has 6 heteroatoms. The minimum Gasteiger partial charge on any atom is -0.383 e. The van der Waals surface area contributed by atoms with Crippen molar-refractivity contribution in [2.24, 2.45) is 17.8 Å². The molecule has 0 saturated heterocycles. The van der Waals surface area contributed by atoms with Crippen LogP contribution in [0.3, 0.4) is 0 Å². The highest BCUT2D eigenvalue weighted by atomic mass is 32.1. The zero-order valence-corrected chi connectivity index (χ0v) is 14.5. The van der Waals surface area contributed by atoms with E-state index in [1.54, 1.807) is 11.3 Å². The van der Waals surface area contributed by atoms with Gasteiger partial charge in [0.2, 0.25) is 5.91 Å². The summed E-state index contributed by atoms with van der Waals surface area (Å²) in [6.45, 7) is 1.52. The van der Waals surface area contributed by atoms with E-state index < -0.39 is 0 Å². The fourth-order valence-electron chi connectivity index (χ4n) is 5.14. The lowest BCUT2D eigenvalue weighted by Crippen LogP contribution is -2.36. The molecular formula is C18H22N4OS. The molecule has 0 spiro atoms. The van der Waals surface area contributed by atoms with Gasteiger partial charge in [-0.3, -0.25) is 4.79 Å². The average Bonchev–Trinajstić information content (AvgIpc) is 3.27. The maximum Gasteiger partial charge on any atom is 0.223 e. The average molecular weight is 342 g/mol. The summed E-state index contributed by atoms with van der Waals surface area (Å²) in [6, 6.07) is 0. The van der Waals surface area contributed by atoms with Crippen LogP contribution in [0.2, 0.25) is 0 Å². The first-order chi connectivity index (χ1) is 11.7. The molecule has 3 aliphatic rings. The molecule has 3 heterocycles. The summed E-state index contributed by atoms with van der Waals surface area (Å²) in [7, 11) is 0. The molecule has 5 rings (SSSR count). The SMILES string of the molecule is Nc1ncnc2sc3c(c12)CCN(C(=O)C[C@H]1C[C@H]2CC[C@H]1C2)C3. The van der Waals surface area contributed by atoms with Gasteiger partial charge in [-0.05, 0) is 49.0 Å². The van der Waals surface area contributed by atoms with Crippen molar-refractivity contribution in [3.8, 4) is 0 Å². The van der Waals surface area contributed by atoms with E-state index >= 15 is 0 Å². The van der Waals surface area contributed by atoms with Crippen molar-refractivity contribution in [3.63, 3.8) is 0 Å². The van der Waals surface area contributed by atoms with Crippen LogP contribution in [0.4, 0.5) is 5.82 Å².